The standard InChI is InChI=1S/C13H14FNOS/c1-17-9-13-6-5-12(16-13)8-15-11-4-2-3-10(14)7-11/h2-7,15H,8-9H2,1H3. The number of thioether (sulfide) groups is 1. The molecule has 0 atom stereocenters. The lowest BCUT2D eigenvalue weighted by Crippen LogP contribution is -1.98. The molecule has 0 amide bonds. The molecule has 0 aliphatic rings. The van der Waals surface area contributed by atoms with Gasteiger partial charge in [-0.1, -0.05) is 6.07 Å². The van der Waals surface area contributed by atoms with Crippen LogP contribution in [0.15, 0.2) is 40.8 Å². The molecule has 0 bridgehead atoms. The van der Waals surface area contributed by atoms with Crippen molar-refractivity contribution in [2.75, 3.05) is 11.6 Å². The van der Waals surface area contributed by atoms with Gasteiger partial charge in [0.2, 0.25) is 0 Å². The van der Waals surface area contributed by atoms with Crippen LogP contribution in [-0.4, -0.2) is 6.26 Å². The van der Waals surface area contributed by atoms with Gasteiger partial charge in [0.25, 0.3) is 0 Å². The minimum absolute atomic E-state index is 0.238. The van der Waals surface area contributed by atoms with Gasteiger partial charge in [-0.25, -0.2) is 4.39 Å². The van der Waals surface area contributed by atoms with Gasteiger partial charge in [-0.2, -0.15) is 11.8 Å². The zero-order chi connectivity index (χ0) is 12.1. The number of halogens is 1. The molecule has 17 heavy (non-hydrogen) atoms. The molecular formula is C13H14FNOS. The van der Waals surface area contributed by atoms with Crippen LogP contribution in [-0.2, 0) is 12.3 Å². The molecule has 0 radical (unpaired) electrons. The fourth-order valence-corrected chi connectivity index (χ4v) is 1.96. The maximum absolute atomic E-state index is 12.9. The Morgan fingerprint density at radius 2 is 2.06 bits per heavy atom. The van der Waals surface area contributed by atoms with E-state index in [1.165, 1.54) is 12.1 Å². The maximum atomic E-state index is 12.9. The lowest BCUT2D eigenvalue weighted by molar-refractivity contribution is 0.487. The van der Waals surface area contributed by atoms with Crippen LogP contribution in [0.3, 0.4) is 0 Å². The minimum Gasteiger partial charge on any atom is -0.463 e. The van der Waals surface area contributed by atoms with E-state index in [9.17, 15) is 4.39 Å². The van der Waals surface area contributed by atoms with Crippen LogP contribution in [0, 0.1) is 5.82 Å². The van der Waals surface area contributed by atoms with Crippen molar-refractivity contribution in [2.45, 2.75) is 12.3 Å². The third kappa shape index (κ3) is 3.53. The fraction of sp³-hybridized carbons (Fsp3) is 0.231. The molecular weight excluding hydrogens is 237 g/mol. The second-order valence-corrected chi connectivity index (χ2v) is 4.53. The highest BCUT2D eigenvalue weighted by Crippen LogP contribution is 2.15. The van der Waals surface area contributed by atoms with E-state index >= 15 is 0 Å². The SMILES string of the molecule is CSCc1ccc(CNc2cccc(F)c2)o1. The first-order valence-electron chi connectivity index (χ1n) is 5.34. The normalized spacial score (nSPS) is 10.5. The van der Waals surface area contributed by atoms with Crippen LogP contribution in [0.25, 0.3) is 0 Å². The first kappa shape index (κ1) is 12.0. The van der Waals surface area contributed by atoms with Crippen LogP contribution in [0.1, 0.15) is 11.5 Å². The van der Waals surface area contributed by atoms with Gasteiger partial charge < -0.3 is 9.73 Å². The highest BCUT2D eigenvalue weighted by atomic mass is 32.2. The molecule has 1 N–H and O–H groups in total. The Hall–Kier alpha value is -1.42. The monoisotopic (exact) mass is 251 g/mol. The summed E-state index contributed by atoms with van der Waals surface area (Å²) in [6.07, 6.45) is 2.03. The van der Waals surface area contributed by atoms with Crippen molar-refractivity contribution in [3.05, 3.63) is 53.7 Å². The Labute approximate surface area is 104 Å². The van der Waals surface area contributed by atoms with Crippen LogP contribution in [0.5, 0.6) is 0 Å². The average molecular weight is 251 g/mol. The Morgan fingerprint density at radius 1 is 1.24 bits per heavy atom. The van der Waals surface area contributed by atoms with Crippen molar-refractivity contribution < 1.29 is 8.81 Å². The van der Waals surface area contributed by atoms with Crippen LogP contribution >= 0.6 is 11.8 Å². The molecule has 0 fully saturated rings. The van der Waals surface area contributed by atoms with E-state index in [4.69, 9.17) is 4.42 Å². The van der Waals surface area contributed by atoms with E-state index in [1.807, 2.05) is 24.5 Å². The van der Waals surface area contributed by atoms with Gasteiger partial charge in [0.1, 0.15) is 17.3 Å². The third-order valence-corrected chi connectivity index (χ3v) is 2.87. The lowest BCUT2D eigenvalue weighted by atomic mass is 10.3. The number of furan rings is 1. The number of rotatable bonds is 5. The largest absolute Gasteiger partial charge is 0.463 e. The third-order valence-electron chi connectivity index (χ3n) is 2.30. The maximum Gasteiger partial charge on any atom is 0.125 e. The van der Waals surface area contributed by atoms with Gasteiger partial charge >= 0.3 is 0 Å². The number of benzene rings is 1. The second kappa shape index (κ2) is 5.77. The molecule has 4 heteroatoms. The molecule has 0 unspecified atom stereocenters. The number of nitrogens with one attached hydrogen (secondary N) is 1. The second-order valence-electron chi connectivity index (χ2n) is 3.66. The zero-order valence-electron chi connectivity index (χ0n) is 9.57. The Bertz CT molecular complexity index is 484. The van der Waals surface area contributed by atoms with Crippen molar-refractivity contribution in [2.24, 2.45) is 0 Å². The number of anilines is 1. The average Bonchev–Trinajstić information content (AvgIpc) is 2.75. The summed E-state index contributed by atoms with van der Waals surface area (Å²) in [6.45, 7) is 0.567. The van der Waals surface area contributed by atoms with E-state index in [-0.39, 0.29) is 5.82 Å². The van der Waals surface area contributed by atoms with E-state index < -0.39 is 0 Å². The Balaban J connectivity index is 1.93. The molecule has 1 aromatic carbocycles. The van der Waals surface area contributed by atoms with E-state index in [0.717, 1.165) is 23.0 Å². The van der Waals surface area contributed by atoms with Crippen LogP contribution < -0.4 is 5.32 Å². The molecule has 0 saturated carbocycles. The molecule has 1 heterocycles. The minimum atomic E-state index is -0.238. The van der Waals surface area contributed by atoms with Crippen LogP contribution in [0.2, 0.25) is 0 Å². The Morgan fingerprint density at radius 3 is 2.82 bits per heavy atom. The summed E-state index contributed by atoms with van der Waals surface area (Å²) in [5.41, 5.74) is 0.757. The van der Waals surface area contributed by atoms with Gasteiger partial charge in [0, 0.05) is 5.69 Å². The molecule has 2 nitrogen and oxygen atoms in total. The van der Waals surface area contributed by atoms with Crippen molar-refractivity contribution in [1.82, 2.24) is 0 Å². The number of hydrogen-bond donors (Lipinski definition) is 1. The molecule has 0 aliphatic heterocycles. The summed E-state index contributed by atoms with van der Waals surface area (Å²) in [5, 5.41) is 3.12. The summed E-state index contributed by atoms with van der Waals surface area (Å²) in [4.78, 5) is 0. The van der Waals surface area contributed by atoms with Gasteiger partial charge in [0.15, 0.2) is 0 Å². The zero-order valence-corrected chi connectivity index (χ0v) is 10.4. The van der Waals surface area contributed by atoms with E-state index in [0.29, 0.717) is 6.54 Å². The van der Waals surface area contributed by atoms with Gasteiger partial charge in [-0.15, -0.1) is 0 Å². The molecule has 2 aromatic rings. The predicted octanol–water partition coefficient (Wildman–Crippen LogP) is 3.89. The van der Waals surface area contributed by atoms with Crippen molar-refractivity contribution in [3.63, 3.8) is 0 Å². The van der Waals surface area contributed by atoms with E-state index in [1.54, 1.807) is 17.8 Å². The molecule has 0 spiro atoms. The molecule has 90 valence electrons. The van der Waals surface area contributed by atoms with Crippen molar-refractivity contribution >= 4 is 17.4 Å². The lowest BCUT2D eigenvalue weighted by Gasteiger charge is -2.03. The Kier molecular flexibility index (Phi) is 4.09. The van der Waals surface area contributed by atoms with Gasteiger partial charge in [-0.05, 0) is 36.6 Å². The summed E-state index contributed by atoms with van der Waals surface area (Å²) in [7, 11) is 0. The molecule has 2 rings (SSSR count). The summed E-state index contributed by atoms with van der Waals surface area (Å²) in [5.74, 6) is 2.46. The highest BCUT2D eigenvalue weighted by Gasteiger charge is 2.01. The quantitative estimate of drug-likeness (QED) is 0.872. The molecule has 1 aromatic heterocycles. The topological polar surface area (TPSA) is 25.2 Å². The predicted molar refractivity (Wildman–Crippen MR) is 69.7 cm³/mol. The first-order valence-corrected chi connectivity index (χ1v) is 6.73. The first-order chi connectivity index (χ1) is 8.28. The summed E-state index contributed by atoms with van der Waals surface area (Å²) >= 11 is 1.72. The van der Waals surface area contributed by atoms with Crippen LogP contribution in [0.4, 0.5) is 10.1 Å². The highest BCUT2D eigenvalue weighted by molar-refractivity contribution is 7.97. The van der Waals surface area contributed by atoms with E-state index in [2.05, 4.69) is 5.32 Å². The fourth-order valence-electron chi connectivity index (χ4n) is 1.52. The molecule has 0 aliphatic carbocycles. The molecule has 0 saturated heterocycles. The van der Waals surface area contributed by atoms with Gasteiger partial charge in [0.05, 0.1) is 12.3 Å². The van der Waals surface area contributed by atoms with Crippen molar-refractivity contribution in [1.29, 1.82) is 0 Å². The number of hydrogen-bond acceptors (Lipinski definition) is 3. The van der Waals surface area contributed by atoms with Gasteiger partial charge in [-0.3, -0.25) is 0 Å². The summed E-state index contributed by atoms with van der Waals surface area (Å²) in [6, 6.07) is 10.3. The summed E-state index contributed by atoms with van der Waals surface area (Å²) < 4.78 is 18.5. The smallest absolute Gasteiger partial charge is 0.125 e. The van der Waals surface area contributed by atoms with Crippen molar-refractivity contribution in [3.8, 4) is 0 Å².